The second kappa shape index (κ2) is 8.57. The van der Waals surface area contributed by atoms with Crippen molar-refractivity contribution in [3.05, 3.63) is 71.0 Å². The van der Waals surface area contributed by atoms with Crippen molar-refractivity contribution < 1.29 is 14.5 Å². The highest BCUT2D eigenvalue weighted by Crippen LogP contribution is 2.26. The normalized spacial score (nSPS) is 11.6. The summed E-state index contributed by atoms with van der Waals surface area (Å²) in [6.45, 7) is 1.75. The molecule has 8 nitrogen and oxygen atoms in total. The maximum Gasteiger partial charge on any atom is 0.271 e. The molecule has 9 heteroatoms. The molecule has 0 aliphatic carbocycles. The average Bonchev–Trinajstić information content (AvgIpc) is 3.16. The van der Waals surface area contributed by atoms with E-state index in [1.54, 1.807) is 26.3 Å². The Morgan fingerprint density at radius 1 is 1.29 bits per heavy atom. The number of aromatic nitrogens is 2. The molecule has 0 aliphatic heterocycles. The van der Waals surface area contributed by atoms with E-state index in [2.05, 4.69) is 10.3 Å². The Labute approximate surface area is 165 Å². The molecule has 1 amide bonds. The van der Waals surface area contributed by atoms with Crippen LogP contribution in [0.2, 0.25) is 0 Å². The molecule has 1 aromatic heterocycles. The lowest BCUT2D eigenvalue weighted by molar-refractivity contribution is -0.384. The zero-order valence-corrected chi connectivity index (χ0v) is 16.1. The van der Waals surface area contributed by atoms with Gasteiger partial charge in [-0.25, -0.2) is 4.98 Å². The van der Waals surface area contributed by atoms with Crippen LogP contribution in [0.5, 0.6) is 5.75 Å². The van der Waals surface area contributed by atoms with E-state index in [-0.39, 0.29) is 11.6 Å². The third kappa shape index (κ3) is 4.49. The van der Waals surface area contributed by atoms with Gasteiger partial charge in [0.1, 0.15) is 5.75 Å². The van der Waals surface area contributed by atoms with Crippen LogP contribution in [-0.2, 0) is 4.79 Å². The number of nitro groups is 1. The van der Waals surface area contributed by atoms with E-state index in [1.165, 1.54) is 30.0 Å². The maximum atomic E-state index is 12.5. The van der Waals surface area contributed by atoms with Crippen LogP contribution in [0.3, 0.4) is 0 Å². The Morgan fingerprint density at radius 3 is 2.71 bits per heavy atom. The van der Waals surface area contributed by atoms with Gasteiger partial charge in [-0.15, -0.1) is 0 Å². The molecule has 1 N–H and O–H groups in total. The molecule has 0 radical (unpaired) electrons. The number of hydrogen-bond acceptors (Lipinski definition) is 6. The zero-order valence-electron chi connectivity index (χ0n) is 15.2. The van der Waals surface area contributed by atoms with Gasteiger partial charge in [-0.2, -0.15) is 0 Å². The molecule has 1 unspecified atom stereocenters. The second-order valence-electron chi connectivity index (χ2n) is 5.83. The minimum Gasteiger partial charge on any atom is -0.497 e. The summed E-state index contributed by atoms with van der Waals surface area (Å²) in [5, 5.41) is 13.8. The third-order valence-corrected chi connectivity index (χ3v) is 5.01. The topological polar surface area (TPSA) is 99.3 Å². The highest BCUT2D eigenvalue weighted by atomic mass is 32.2. The van der Waals surface area contributed by atoms with Gasteiger partial charge < -0.3 is 10.1 Å². The standard InChI is InChI=1S/C19H18N4O4S/c1-13(18(24)21-14-4-3-5-16(12-14)23(25)26)28-19-20-10-11-22(19)15-6-8-17(27-2)9-7-15/h3-13H,1-2H3,(H,21,24). The van der Waals surface area contributed by atoms with Gasteiger partial charge in [0.25, 0.3) is 5.69 Å². The van der Waals surface area contributed by atoms with Crippen LogP contribution in [0.1, 0.15) is 6.92 Å². The van der Waals surface area contributed by atoms with E-state index in [1.807, 2.05) is 35.0 Å². The van der Waals surface area contributed by atoms with Gasteiger partial charge in [0.05, 0.1) is 17.3 Å². The van der Waals surface area contributed by atoms with Crippen molar-refractivity contribution in [3.8, 4) is 11.4 Å². The van der Waals surface area contributed by atoms with Crippen LogP contribution < -0.4 is 10.1 Å². The lowest BCUT2D eigenvalue weighted by Gasteiger charge is -2.13. The van der Waals surface area contributed by atoms with E-state index >= 15 is 0 Å². The molecule has 0 saturated heterocycles. The van der Waals surface area contributed by atoms with Crippen molar-refractivity contribution in [2.45, 2.75) is 17.3 Å². The first-order valence-electron chi connectivity index (χ1n) is 8.37. The zero-order chi connectivity index (χ0) is 20.1. The second-order valence-corrected chi connectivity index (χ2v) is 7.14. The summed E-state index contributed by atoms with van der Waals surface area (Å²) in [7, 11) is 1.61. The predicted molar refractivity (Wildman–Crippen MR) is 107 cm³/mol. The Morgan fingerprint density at radius 2 is 2.04 bits per heavy atom. The molecule has 0 aliphatic rings. The summed E-state index contributed by atoms with van der Waals surface area (Å²) in [5.74, 6) is 0.484. The largest absolute Gasteiger partial charge is 0.497 e. The van der Waals surface area contributed by atoms with Crippen LogP contribution in [0.25, 0.3) is 5.69 Å². The number of hydrogen-bond donors (Lipinski definition) is 1. The van der Waals surface area contributed by atoms with E-state index < -0.39 is 10.2 Å². The van der Waals surface area contributed by atoms with Gasteiger partial charge in [0.2, 0.25) is 5.91 Å². The summed E-state index contributed by atoms with van der Waals surface area (Å²) >= 11 is 1.29. The SMILES string of the molecule is COc1ccc(-n2ccnc2SC(C)C(=O)Nc2cccc([N+](=O)[O-])c2)cc1. The van der Waals surface area contributed by atoms with Crippen LogP contribution in [0.4, 0.5) is 11.4 Å². The molecule has 1 heterocycles. The van der Waals surface area contributed by atoms with Gasteiger partial charge >= 0.3 is 0 Å². The van der Waals surface area contributed by atoms with Crippen LogP contribution in [-0.4, -0.2) is 32.7 Å². The first-order valence-corrected chi connectivity index (χ1v) is 9.25. The van der Waals surface area contributed by atoms with Gasteiger partial charge in [0, 0.05) is 35.9 Å². The molecular weight excluding hydrogens is 380 g/mol. The monoisotopic (exact) mass is 398 g/mol. The third-order valence-electron chi connectivity index (χ3n) is 3.93. The van der Waals surface area contributed by atoms with Gasteiger partial charge in [-0.05, 0) is 37.3 Å². The number of imidazole rings is 1. The smallest absolute Gasteiger partial charge is 0.271 e. The number of amides is 1. The Balaban J connectivity index is 1.70. The fourth-order valence-corrected chi connectivity index (χ4v) is 3.35. The van der Waals surface area contributed by atoms with Crippen LogP contribution in [0, 0.1) is 10.1 Å². The van der Waals surface area contributed by atoms with Crippen LogP contribution in [0.15, 0.2) is 66.1 Å². The van der Waals surface area contributed by atoms with E-state index in [9.17, 15) is 14.9 Å². The minimum absolute atomic E-state index is 0.0758. The molecule has 0 bridgehead atoms. The lowest BCUT2D eigenvalue weighted by atomic mass is 10.2. The first-order chi connectivity index (χ1) is 13.5. The number of anilines is 1. The summed E-state index contributed by atoms with van der Waals surface area (Å²) in [4.78, 5) is 27.2. The number of methoxy groups -OCH3 is 1. The molecule has 0 spiro atoms. The minimum atomic E-state index is -0.501. The van der Waals surface area contributed by atoms with Gasteiger partial charge in [0.15, 0.2) is 5.16 Å². The molecule has 0 fully saturated rings. The fourth-order valence-electron chi connectivity index (χ4n) is 2.47. The van der Waals surface area contributed by atoms with E-state index in [0.717, 1.165) is 11.4 Å². The van der Waals surface area contributed by atoms with Crippen molar-refractivity contribution in [1.29, 1.82) is 0 Å². The average molecular weight is 398 g/mol. The van der Waals surface area contributed by atoms with Crippen molar-refractivity contribution in [2.24, 2.45) is 0 Å². The molecule has 2 aromatic carbocycles. The molecule has 1 atom stereocenters. The number of rotatable bonds is 7. The number of benzene rings is 2. The molecule has 144 valence electrons. The molecular formula is C19H18N4O4S. The van der Waals surface area contributed by atoms with E-state index in [4.69, 9.17) is 4.74 Å². The highest BCUT2D eigenvalue weighted by molar-refractivity contribution is 8.00. The van der Waals surface area contributed by atoms with E-state index in [0.29, 0.717) is 10.8 Å². The Kier molecular flexibility index (Phi) is 5.95. The number of carbonyl (C=O) groups excluding carboxylic acids is 1. The van der Waals surface area contributed by atoms with Crippen molar-refractivity contribution in [3.63, 3.8) is 0 Å². The lowest BCUT2D eigenvalue weighted by Crippen LogP contribution is -2.22. The maximum absolute atomic E-state index is 12.5. The number of non-ortho nitro benzene ring substituents is 1. The van der Waals surface area contributed by atoms with Gasteiger partial charge in [-0.3, -0.25) is 19.5 Å². The predicted octanol–water partition coefficient (Wildman–Crippen LogP) is 3.91. The van der Waals surface area contributed by atoms with Gasteiger partial charge in [-0.1, -0.05) is 17.8 Å². The van der Waals surface area contributed by atoms with Crippen molar-refractivity contribution in [1.82, 2.24) is 9.55 Å². The summed E-state index contributed by atoms with van der Waals surface area (Å²) in [6.07, 6.45) is 3.48. The number of ether oxygens (including phenoxy) is 1. The molecule has 3 rings (SSSR count). The molecule has 3 aromatic rings. The number of nitro benzene ring substituents is 1. The quantitative estimate of drug-likeness (QED) is 0.368. The Hall–Kier alpha value is -3.33. The number of nitrogens with one attached hydrogen (secondary N) is 1. The number of thioether (sulfide) groups is 1. The highest BCUT2D eigenvalue weighted by Gasteiger charge is 2.19. The molecule has 28 heavy (non-hydrogen) atoms. The first kappa shape index (κ1) is 19.4. The number of carbonyl (C=O) groups is 1. The molecule has 0 saturated carbocycles. The summed E-state index contributed by atoms with van der Waals surface area (Å²) < 4.78 is 7.04. The number of nitrogens with zero attached hydrogens (tertiary/aromatic N) is 3. The van der Waals surface area contributed by atoms with Crippen molar-refractivity contribution >= 4 is 29.0 Å². The fraction of sp³-hybridized carbons (Fsp3) is 0.158. The Bertz CT molecular complexity index is 988. The summed E-state index contributed by atoms with van der Waals surface area (Å²) in [6, 6.07) is 13.3. The van der Waals surface area contributed by atoms with Crippen molar-refractivity contribution in [2.75, 3.05) is 12.4 Å². The summed E-state index contributed by atoms with van der Waals surface area (Å²) in [5.41, 5.74) is 1.20. The van der Waals surface area contributed by atoms with Crippen LogP contribution >= 0.6 is 11.8 Å².